The van der Waals surface area contributed by atoms with Crippen LogP contribution in [0.4, 0.5) is 30.6 Å². The van der Waals surface area contributed by atoms with E-state index in [2.05, 4.69) is 82.8 Å². The van der Waals surface area contributed by atoms with Gasteiger partial charge < -0.3 is 47.0 Å². The van der Waals surface area contributed by atoms with Gasteiger partial charge in [-0.05, 0) is 126 Å². The van der Waals surface area contributed by atoms with Gasteiger partial charge >= 0.3 is 6.03 Å². The number of halogens is 2. The molecule has 9 amide bonds. The molecule has 6 aliphatic heterocycles. The van der Waals surface area contributed by atoms with Gasteiger partial charge in [0.15, 0.2) is 17.1 Å². The standard InChI is InChI=1S/C28H32F2N8O3.C28H35N9O3.C25H32N8O4S/c29-28(30)14-20(28)27(41)36-12-8-19(9-13-36)38-17-23-24(35-38)26(40)31-10-3-1-2-4-11-37-16-18(15-32-37)21-6-5-7-22(33-21)25(39)34-23;38-26-23-7-5-6-22(32-23)19-16-30-36(17-19)13-4-2-1-3-12-29-27(39)25-24(33-26)18-37(34-25)21-10-14-35(15-11-21)28(40)31-20-8-9-20;1-38(36,37)32-13-9-19(10-14-32)33-17-22-23(30-33)25(35)26-11-4-2-3-5-12-31-16-18(15-27-31)20-7-6-8-21(28-20)24(34)29-22/h5-7,15-17,19-20H,1-4,8-14H2,(H,31,40)(H,34,39);5-7,16-18,20-21H,1-4,8-15H2,(H,29,39)(H,31,40)(H,33,38);6-8,15-17,19H,2-5,9-14H2,1H3,(H,26,35)(H,29,34). The van der Waals surface area contributed by atoms with Crippen LogP contribution in [0.5, 0.6) is 0 Å². The van der Waals surface area contributed by atoms with Crippen LogP contribution in [0.2, 0.25) is 0 Å². The number of piperidine rings is 3. The number of amides is 9. The lowest BCUT2D eigenvalue weighted by atomic mass is 10.0. The number of aryl methyl sites for hydroxylation is 3. The van der Waals surface area contributed by atoms with Gasteiger partial charge in [0, 0.05) is 145 Å². The third-order valence-corrected chi connectivity index (χ3v) is 24.0. The fraction of sp³-hybridized carbons (Fsp3) is 0.494. The van der Waals surface area contributed by atoms with Gasteiger partial charge in [0.1, 0.15) is 23.0 Å². The van der Waals surface area contributed by atoms with Crippen molar-refractivity contribution in [3.63, 3.8) is 0 Å². The summed E-state index contributed by atoms with van der Waals surface area (Å²) in [5.74, 6) is -7.04. The van der Waals surface area contributed by atoms with Crippen molar-refractivity contribution in [1.82, 2.24) is 109 Å². The van der Waals surface area contributed by atoms with Gasteiger partial charge in [-0.25, -0.2) is 41.3 Å². The van der Waals surface area contributed by atoms with E-state index in [0.29, 0.717) is 132 Å². The maximum atomic E-state index is 13.4. The molecule has 17 rings (SSSR count). The van der Waals surface area contributed by atoms with Gasteiger partial charge in [-0.15, -0.1) is 0 Å². The second-order valence-electron chi connectivity index (χ2n) is 31.6. The zero-order valence-electron chi connectivity index (χ0n) is 66.4. The highest BCUT2D eigenvalue weighted by atomic mass is 32.2. The first-order valence-corrected chi connectivity index (χ1v) is 43.2. The van der Waals surface area contributed by atoms with Crippen LogP contribution in [0, 0.1) is 5.92 Å². The van der Waals surface area contributed by atoms with E-state index in [0.717, 1.165) is 126 Å². The van der Waals surface area contributed by atoms with Crippen molar-refractivity contribution >= 4 is 74.5 Å². The van der Waals surface area contributed by atoms with Crippen LogP contribution in [0.3, 0.4) is 0 Å². The van der Waals surface area contributed by atoms with Gasteiger partial charge in [0.25, 0.3) is 41.4 Å². The zero-order valence-corrected chi connectivity index (χ0v) is 67.2. The number of carbonyl (C=O) groups is 8. The normalized spacial score (nSPS) is 19.9. The Morgan fingerprint density at radius 2 is 0.748 bits per heavy atom. The van der Waals surface area contributed by atoms with Crippen LogP contribution in [-0.4, -0.2) is 221 Å². The second-order valence-corrected chi connectivity index (χ2v) is 33.6. The number of aromatic nitrogens is 15. The molecule has 9 aromatic heterocycles. The molecule has 0 spiro atoms. The molecule has 2 aliphatic carbocycles. The predicted molar refractivity (Wildman–Crippen MR) is 433 cm³/mol. The first-order chi connectivity index (χ1) is 57.6. The van der Waals surface area contributed by atoms with Crippen molar-refractivity contribution in [2.24, 2.45) is 5.92 Å². The Kier molecular flexibility index (Phi) is 25.5. The average molecular weight is 1650 g/mol. The Hall–Kier alpha value is -12.0. The van der Waals surface area contributed by atoms with Crippen LogP contribution < -0.4 is 37.2 Å². The minimum Gasteiger partial charge on any atom is -0.351 e. The molecule has 5 fully saturated rings. The molecular formula is C81H99F2N25O10S. The molecule has 15 heterocycles. The number of carbonyl (C=O) groups excluding carboxylic acids is 8. The first kappa shape index (κ1) is 82.2. The fourth-order valence-electron chi connectivity index (χ4n) is 15.5. The van der Waals surface area contributed by atoms with E-state index in [-0.39, 0.29) is 82.2 Å². The van der Waals surface area contributed by atoms with Crippen molar-refractivity contribution in [2.45, 2.75) is 185 Å². The molecule has 119 heavy (non-hydrogen) atoms. The molecule has 2 saturated carbocycles. The first-order valence-electron chi connectivity index (χ1n) is 41.3. The molecular weight excluding hydrogens is 1550 g/mol. The van der Waals surface area contributed by atoms with Crippen LogP contribution in [0.15, 0.2) is 110 Å². The number of pyridine rings is 3. The minimum absolute atomic E-state index is 0.00752. The molecule has 7 N–H and O–H groups in total. The van der Waals surface area contributed by atoms with Gasteiger partial charge in [-0.2, -0.15) is 30.6 Å². The van der Waals surface area contributed by atoms with Crippen molar-refractivity contribution in [3.8, 4) is 33.8 Å². The molecule has 35 nitrogen and oxygen atoms in total. The average Bonchev–Trinajstić information content (AvgIpc) is 1.61. The highest BCUT2D eigenvalue weighted by Crippen LogP contribution is 2.50. The maximum Gasteiger partial charge on any atom is 0.317 e. The van der Waals surface area contributed by atoms with Crippen molar-refractivity contribution < 1.29 is 55.6 Å². The summed E-state index contributed by atoms with van der Waals surface area (Å²) in [7, 11) is -3.26. The number of sulfonamides is 1. The number of anilines is 3. The maximum absolute atomic E-state index is 13.4. The van der Waals surface area contributed by atoms with Gasteiger partial charge in [0.2, 0.25) is 15.9 Å². The molecule has 9 aromatic rings. The van der Waals surface area contributed by atoms with Gasteiger partial charge in [-0.1, -0.05) is 56.7 Å². The molecule has 1 atom stereocenters. The Bertz CT molecular complexity index is 5290. The van der Waals surface area contributed by atoms with E-state index in [9.17, 15) is 55.6 Å². The van der Waals surface area contributed by atoms with E-state index in [1.165, 1.54) is 15.5 Å². The molecule has 0 radical (unpaired) electrons. The summed E-state index contributed by atoms with van der Waals surface area (Å²) in [6.45, 7) is 6.49. The summed E-state index contributed by atoms with van der Waals surface area (Å²) >= 11 is 0. The third kappa shape index (κ3) is 20.8. The second kappa shape index (κ2) is 36.9. The van der Waals surface area contributed by atoms with E-state index in [1.807, 2.05) is 55.7 Å². The monoisotopic (exact) mass is 1650 g/mol. The lowest BCUT2D eigenvalue weighted by molar-refractivity contribution is -0.136. The summed E-state index contributed by atoms with van der Waals surface area (Å²) in [6.07, 6.45) is 33.9. The SMILES string of the molecule is CS(=O)(=O)N1CCC(n2cc3c(n2)C(=O)NCCCCCCn2cc(cn2)-c2cccc(n2)C(=O)N3)CC1.O=C1Nc2cn(C3CCN(C(=O)C4CC4(F)F)CC3)nc2C(=O)NCCCCCCn2cc(cn2)-c2cccc1n2.O=C1Nc2cn(C3CCN(C(=O)NC4CC4)CC3)nc2C(=O)NCCCCCCn2cc(cn2)-c2cccc1n2. The zero-order chi connectivity index (χ0) is 82.7. The fourth-order valence-corrected chi connectivity index (χ4v) is 16.4. The van der Waals surface area contributed by atoms with E-state index < -0.39 is 51.4 Å². The van der Waals surface area contributed by atoms with Crippen LogP contribution in [-0.2, 0) is 34.5 Å². The van der Waals surface area contributed by atoms with E-state index >= 15 is 0 Å². The number of urea groups is 1. The summed E-state index contributed by atoms with van der Waals surface area (Å²) in [5, 5.41) is 47.3. The number of nitrogens with zero attached hydrogens (tertiary/aromatic N) is 18. The van der Waals surface area contributed by atoms with Crippen LogP contribution in [0.25, 0.3) is 33.8 Å². The Morgan fingerprint density at radius 3 is 1.08 bits per heavy atom. The Labute approximate surface area is 685 Å². The van der Waals surface area contributed by atoms with Crippen LogP contribution in [0.1, 0.15) is 216 Å². The number of rotatable bonds is 6. The van der Waals surface area contributed by atoms with Crippen molar-refractivity contribution in [1.29, 1.82) is 0 Å². The summed E-state index contributed by atoms with van der Waals surface area (Å²) in [6, 6.07) is 15.7. The highest BCUT2D eigenvalue weighted by molar-refractivity contribution is 7.88. The largest absolute Gasteiger partial charge is 0.351 e. The van der Waals surface area contributed by atoms with Crippen molar-refractivity contribution in [2.75, 3.05) is 81.1 Å². The number of nitrogens with one attached hydrogen (secondary N) is 7. The topological polar surface area (TPSA) is 410 Å². The molecule has 12 bridgehead atoms. The van der Waals surface area contributed by atoms with Gasteiger partial charge in [0.05, 0.1) is 77.1 Å². The molecule has 3 saturated heterocycles. The number of likely N-dealkylation sites (tertiary alicyclic amines) is 2. The smallest absolute Gasteiger partial charge is 0.317 e. The van der Waals surface area contributed by atoms with Gasteiger partial charge in [-0.3, -0.25) is 61.7 Å². The third-order valence-electron chi connectivity index (χ3n) is 22.7. The van der Waals surface area contributed by atoms with Crippen molar-refractivity contribution in [3.05, 3.63) is 145 Å². The summed E-state index contributed by atoms with van der Waals surface area (Å²) in [4.78, 5) is 121. The molecule has 8 aliphatic rings. The van der Waals surface area contributed by atoms with E-state index in [1.54, 1.807) is 87.6 Å². The lowest BCUT2D eigenvalue weighted by Gasteiger charge is -2.32. The number of fused-ring (bicyclic) bond motifs is 18. The lowest BCUT2D eigenvalue weighted by Crippen LogP contribution is -2.45. The molecule has 0 aromatic carbocycles. The molecule has 628 valence electrons. The number of hydrogen-bond donors (Lipinski definition) is 7. The Balaban J connectivity index is 0.000000139. The summed E-state index contributed by atoms with van der Waals surface area (Å²) < 4.78 is 62.8. The number of alkyl halides is 2. The summed E-state index contributed by atoms with van der Waals surface area (Å²) in [5.41, 5.74) is 6.31. The Morgan fingerprint density at radius 1 is 0.420 bits per heavy atom. The van der Waals surface area contributed by atoms with Crippen LogP contribution >= 0.6 is 0 Å². The molecule has 38 heteroatoms. The highest BCUT2D eigenvalue weighted by Gasteiger charge is 2.62. The minimum atomic E-state index is -3.26. The number of hydrogen-bond acceptors (Lipinski definition) is 19. The quantitative estimate of drug-likeness (QED) is 0.0816. The predicted octanol–water partition coefficient (Wildman–Crippen LogP) is 9.02. The molecule has 1 unspecified atom stereocenters. The van der Waals surface area contributed by atoms with E-state index in [4.69, 9.17) is 0 Å².